The first-order valence-corrected chi connectivity index (χ1v) is 5.02. The van der Waals surface area contributed by atoms with Gasteiger partial charge in [-0.3, -0.25) is 0 Å². The van der Waals surface area contributed by atoms with Crippen molar-refractivity contribution in [3.63, 3.8) is 0 Å². The zero-order chi connectivity index (χ0) is 11.1. The van der Waals surface area contributed by atoms with Gasteiger partial charge in [0.05, 0.1) is 6.61 Å². The maximum Gasteiger partial charge on any atom is 0.329 e. The average molecular weight is 216 g/mol. The summed E-state index contributed by atoms with van der Waals surface area (Å²) in [6, 6.07) is -0.0913. The van der Waals surface area contributed by atoms with Crippen LogP contribution < -0.4 is 5.32 Å². The lowest BCUT2D eigenvalue weighted by molar-refractivity contribution is -0.142. The normalized spacial score (nSPS) is 15.3. The molecule has 0 spiro atoms. The molecule has 1 aliphatic rings. The van der Waals surface area contributed by atoms with E-state index in [0.29, 0.717) is 6.54 Å². The minimum absolute atomic E-state index is 0.0913. The topological polar surface area (TPSA) is 78.9 Å². The number of aliphatic carboxylic acids is 1. The molecular formula is C9H16N2O4. The second kappa shape index (κ2) is 6.23. The van der Waals surface area contributed by atoms with Gasteiger partial charge in [-0.15, -0.1) is 0 Å². The summed E-state index contributed by atoms with van der Waals surface area (Å²) in [5.41, 5.74) is 0. The van der Waals surface area contributed by atoms with Crippen LogP contribution in [0.3, 0.4) is 0 Å². The quantitative estimate of drug-likeness (QED) is 0.629. The van der Waals surface area contributed by atoms with Gasteiger partial charge < -0.3 is 20.1 Å². The first-order valence-electron chi connectivity index (χ1n) is 5.02. The fraction of sp³-hybridized carbons (Fsp3) is 0.778. The molecular weight excluding hydrogens is 200 g/mol. The summed E-state index contributed by atoms with van der Waals surface area (Å²) in [6.07, 6.45) is 2.12. The number of carbonyl (C=O) groups excluding carboxylic acids is 1. The van der Waals surface area contributed by atoms with E-state index >= 15 is 0 Å². The Bertz CT molecular complexity index is 226. The van der Waals surface area contributed by atoms with Crippen molar-refractivity contribution in [3.05, 3.63) is 0 Å². The number of nitrogens with zero attached hydrogens (tertiary/aromatic N) is 1. The summed E-state index contributed by atoms with van der Waals surface area (Å²) in [4.78, 5) is 23.2. The molecule has 1 aliphatic heterocycles. The van der Waals surface area contributed by atoms with Crippen LogP contribution in [0.5, 0.6) is 0 Å². The second-order valence-corrected chi connectivity index (χ2v) is 3.37. The molecule has 0 unspecified atom stereocenters. The number of carboxylic acid groups (broad SMARTS) is 1. The maximum atomic E-state index is 11.4. The number of nitrogens with one attached hydrogen (secondary N) is 1. The Morgan fingerprint density at radius 1 is 1.33 bits per heavy atom. The average Bonchev–Trinajstić information content (AvgIpc) is 2.69. The molecule has 1 rings (SSSR count). The first kappa shape index (κ1) is 11.8. The standard InChI is InChI=1S/C9H16N2O4/c12-8(13)7-15-6-3-10-9(14)11-4-1-2-5-11/h1-7H2,(H,10,14)(H,12,13). The van der Waals surface area contributed by atoms with Crippen LogP contribution >= 0.6 is 0 Å². The molecule has 6 nitrogen and oxygen atoms in total. The molecule has 86 valence electrons. The molecule has 2 amide bonds. The third-order valence-corrected chi connectivity index (χ3v) is 2.14. The highest BCUT2D eigenvalue weighted by Crippen LogP contribution is 2.06. The molecule has 0 aliphatic carbocycles. The number of carbonyl (C=O) groups is 2. The van der Waals surface area contributed by atoms with E-state index in [1.807, 2.05) is 0 Å². The van der Waals surface area contributed by atoms with Crippen LogP contribution in [0.15, 0.2) is 0 Å². The van der Waals surface area contributed by atoms with Crippen molar-refractivity contribution < 1.29 is 19.4 Å². The fourth-order valence-electron chi connectivity index (χ4n) is 1.42. The van der Waals surface area contributed by atoms with Crippen LogP contribution in [-0.2, 0) is 9.53 Å². The van der Waals surface area contributed by atoms with Gasteiger partial charge in [-0.2, -0.15) is 0 Å². The number of hydrogen-bond donors (Lipinski definition) is 2. The Kier molecular flexibility index (Phi) is 4.89. The molecule has 0 aromatic carbocycles. The number of ether oxygens (including phenoxy) is 1. The van der Waals surface area contributed by atoms with Gasteiger partial charge in [0.1, 0.15) is 6.61 Å². The molecule has 0 aromatic heterocycles. The Labute approximate surface area is 88.2 Å². The van der Waals surface area contributed by atoms with E-state index in [4.69, 9.17) is 9.84 Å². The van der Waals surface area contributed by atoms with E-state index in [2.05, 4.69) is 5.32 Å². The Hall–Kier alpha value is -1.30. The largest absolute Gasteiger partial charge is 0.480 e. The van der Waals surface area contributed by atoms with Gasteiger partial charge in [-0.25, -0.2) is 9.59 Å². The van der Waals surface area contributed by atoms with E-state index in [1.54, 1.807) is 4.90 Å². The highest BCUT2D eigenvalue weighted by Gasteiger charge is 2.16. The number of urea groups is 1. The fourth-order valence-corrected chi connectivity index (χ4v) is 1.42. The van der Waals surface area contributed by atoms with Crippen molar-refractivity contribution in [3.8, 4) is 0 Å². The highest BCUT2D eigenvalue weighted by atomic mass is 16.5. The number of carboxylic acids is 1. The van der Waals surface area contributed by atoms with Crippen molar-refractivity contribution >= 4 is 12.0 Å². The third-order valence-electron chi connectivity index (χ3n) is 2.14. The Morgan fingerprint density at radius 3 is 2.60 bits per heavy atom. The summed E-state index contributed by atoms with van der Waals surface area (Å²) in [5.74, 6) is -0.999. The number of hydrogen-bond acceptors (Lipinski definition) is 3. The van der Waals surface area contributed by atoms with Crippen molar-refractivity contribution in [1.82, 2.24) is 10.2 Å². The molecule has 6 heteroatoms. The van der Waals surface area contributed by atoms with Crippen LogP contribution in [0, 0.1) is 0 Å². The first-order chi connectivity index (χ1) is 7.20. The summed E-state index contributed by atoms with van der Waals surface area (Å²) >= 11 is 0. The lowest BCUT2D eigenvalue weighted by Gasteiger charge is -2.15. The molecule has 0 atom stereocenters. The van der Waals surface area contributed by atoms with E-state index in [0.717, 1.165) is 25.9 Å². The molecule has 1 saturated heterocycles. The maximum absolute atomic E-state index is 11.4. The molecule has 1 heterocycles. The highest BCUT2D eigenvalue weighted by molar-refractivity contribution is 5.74. The van der Waals surface area contributed by atoms with Crippen molar-refractivity contribution in [2.75, 3.05) is 32.8 Å². The second-order valence-electron chi connectivity index (χ2n) is 3.37. The predicted molar refractivity (Wildman–Crippen MR) is 52.7 cm³/mol. The predicted octanol–water partition coefficient (Wildman–Crippen LogP) is -0.107. The van der Waals surface area contributed by atoms with Gasteiger partial charge in [0.25, 0.3) is 0 Å². The molecule has 0 bridgehead atoms. The molecule has 0 radical (unpaired) electrons. The summed E-state index contributed by atoms with van der Waals surface area (Å²) in [5, 5.41) is 10.9. The molecule has 2 N–H and O–H groups in total. The minimum atomic E-state index is -0.999. The number of likely N-dealkylation sites (tertiary alicyclic amines) is 1. The molecule has 15 heavy (non-hydrogen) atoms. The van der Waals surface area contributed by atoms with Crippen LogP contribution in [0.4, 0.5) is 4.79 Å². The Balaban J connectivity index is 1.99. The smallest absolute Gasteiger partial charge is 0.329 e. The van der Waals surface area contributed by atoms with Crippen molar-refractivity contribution in [2.45, 2.75) is 12.8 Å². The van der Waals surface area contributed by atoms with E-state index in [-0.39, 0.29) is 19.2 Å². The minimum Gasteiger partial charge on any atom is -0.480 e. The summed E-state index contributed by atoms with van der Waals surface area (Å²) in [7, 11) is 0. The van der Waals surface area contributed by atoms with Gasteiger partial charge in [0, 0.05) is 19.6 Å². The van der Waals surface area contributed by atoms with Crippen LogP contribution in [0.25, 0.3) is 0 Å². The van der Waals surface area contributed by atoms with Crippen LogP contribution in [-0.4, -0.2) is 54.9 Å². The lowest BCUT2D eigenvalue weighted by Crippen LogP contribution is -2.39. The van der Waals surface area contributed by atoms with Gasteiger partial charge in [0.2, 0.25) is 0 Å². The van der Waals surface area contributed by atoms with Gasteiger partial charge in [-0.05, 0) is 12.8 Å². The zero-order valence-corrected chi connectivity index (χ0v) is 8.57. The van der Waals surface area contributed by atoms with Gasteiger partial charge in [0.15, 0.2) is 0 Å². The van der Waals surface area contributed by atoms with E-state index in [9.17, 15) is 9.59 Å². The van der Waals surface area contributed by atoms with Crippen molar-refractivity contribution in [2.24, 2.45) is 0 Å². The van der Waals surface area contributed by atoms with E-state index < -0.39 is 5.97 Å². The monoisotopic (exact) mass is 216 g/mol. The molecule has 0 saturated carbocycles. The molecule has 1 fully saturated rings. The van der Waals surface area contributed by atoms with Crippen LogP contribution in [0.2, 0.25) is 0 Å². The van der Waals surface area contributed by atoms with Gasteiger partial charge in [-0.1, -0.05) is 0 Å². The lowest BCUT2D eigenvalue weighted by atomic mass is 10.4. The van der Waals surface area contributed by atoms with Gasteiger partial charge >= 0.3 is 12.0 Å². The van der Waals surface area contributed by atoms with E-state index in [1.165, 1.54) is 0 Å². The summed E-state index contributed by atoms with van der Waals surface area (Å²) in [6.45, 7) is 1.87. The summed E-state index contributed by atoms with van der Waals surface area (Å²) < 4.78 is 4.78. The Morgan fingerprint density at radius 2 is 2.00 bits per heavy atom. The zero-order valence-electron chi connectivity index (χ0n) is 8.57. The van der Waals surface area contributed by atoms with Crippen molar-refractivity contribution in [1.29, 1.82) is 0 Å². The number of rotatable bonds is 5. The third kappa shape index (κ3) is 4.64. The molecule has 0 aromatic rings. The SMILES string of the molecule is O=C(O)COCCNC(=O)N1CCCC1. The van der Waals surface area contributed by atoms with Crippen LogP contribution in [0.1, 0.15) is 12.8 Å². The number of amides is 2.